The van der Waals surface area contributed by atoms with Crippen molar-refractivity contribution in [3.8, 4) is 0 Å². The fourth-order valence-corrected chi connectivity index (χ4v) is 4.65. The molecule has 1 amide bonds. The first-order chi connectivity index (χ1) is 12.4. The lowest BCUT2D eigenvalue weighted by Gasteiger charge is -2.45. The molecule has 4 rings (SSSR count). The van der Waals surface area contributed by atoms with Gasteiger partial charge in [-0.2, -0.15) is 5.10 Å². The van der Waals surface area contributed by atoms with Crippen LogP contribution in [-0.2, 0) is 6.54 Å². The number of hydrogen-bond acceptors (Lipinski definition) is 5. The number of thiazole rings is 1. The van der Waals surface area contributed by atoms with E-state index >= 15 is 0 Å². The van der Waals surface area contributed by atoms with Gasteiger partial charge in [0.1, 0.15) is 5.69 Å². The number of carbonyl (C=O) groups is 1. The number of amides is 1. The van der Waals surface area contributed by atoms with Crippen molar-refractivity contribution in [3.05, 3.63) is 34.0 Å². The number of carbonyl (C=O) groups excluding carboxylic acids is 1. The number of aryl methyl sites for hydroxylation is 1. The molecule has 2 aliphatic heterocycles. The Morgan fingerprint density at radius 3 is 2.88 bits per heavy atom. The quantitative estimate of drug-likeness (QED) is 0.888. The summed E-state index contributed by atoms with van der Waals surface area (Å²) in [5.74, 6) is -3.03. The molecule has 0 saturated carbocycles. The Labute approximate surface area is 154 Å². The third-order valence-corrected chi connectivity index (χ3v) is 6.29. The number of rotatable bonds is 3. The van der Waals surface area contributed by atoms with Gasteiger partial charge in [-0.1, -0.05) is 0 Å². The molecule has 2 aromatic heterocycles. The molecule has 140 valence electrons. The molecule has 0 aromatic carbocycles. The van der Waals surface area contributed by atoms with Gasteiger partial charge in [0.05, 0.1) is 16.1 Å². The predicted octanol–water partition coefficient (Wildman–Crippen LogP) is 2.55. The van der Waals surface area contributed by atoms with Crippen LogP contribution in [0.3, 0.4) is 0 Å². The van der Waals surface area contributed by atoms with E-state index in [-0.39, 0.29) is 32.0 Å². The standard InChI is InChI=1S/C17H21F2N5OS/c1-12-21-13(9-26-12)8-23-6-3-16(10-23)11-24(7-4-17(16,18)19)15(25)14-2-5-20-22-14/h2,5,9H,3-4,6-8,10-11H2,1H3,(H,20,22)/t16-/m1/s1. The molecule has 2 aromatic rings. The van der Waals surface area contributed by atoms with Crippen molar-refractivity contribution >= 4 is 17.2 Å². The topological polar surface area (TPSA) is 65.1 Å². The van der Waals surface area contributed by atoms with Crippen molar-refractivity contribution in [2.75, 3.05) is 26.2 Å². The predicted molar refractivity (Wildman–Crippen MR) is 93.2 cm³/mol. The van der Waals surface area contributed by atoms with Crippen LogP contribution in [0.4, 0.5) is 8.78 Å². The Morgan fingerprint density at radius 2 is 2.19 bits per heavy atom. The van der Waals surface area contributed by atoms with Crippen LogP contribution in [0.15, 0.2) is 17.6 Å². The molecule has 26 heavy (non-hydrogen) atoms. The molecule has 0 bridgehead atoms. The van der Waals surface area contributed by atoms with Gasteiger partial charge in [0.2, 0.25) is 0 Å². The minimum Gasteiger partial charge on any atom is -0.336 e. The molecule has 1 atom stereocenters. The van der Waals surface area contributed by atoms with E-state index in [1.807, 2.05) is 17.2 Å². The van der Waals surface area contributed by atoms with Gasteiger partial charge in [-0.25, -0.2) is 13.8 Å². The molecule has 1 spiro atoms. The van der Waals surface area contributed by atoms with Crippen LogP contribution in [0, 0.1) is 12.3 Å². The monoisotopic (exact) mass is 381 g/mol. The lowest BCUT2D eigenvalue weighted by molar-refractivity contribution is -0.155. The number of aromatic amines is 1. The zero-order valence-electron chi connectivity index (χ0n) is 14.5. The van der Waals surface area contributed by atoms with Gasteiger partial charge in [-0.15, -0.1) is 11.3 Å². The Balaban J connectivity index is 1.50. The van der Waals surface area contributed by atoms with Gasteiger partial charge < -0.3 is 4.90 Å². The number of alkyl halides is 2. The minimum absolute atomic E-state index is 0.0673. The van der Waals surface area contributed by atoms with Crippen molar-refractivity contribution in [2.45, 2.75) is 32.2 Å². The second kappa shape index (κ2) is 6.38. The average Bonchev–Trinajstić information content (AvgIpc) is 3.33. The molecule has 9 heteroatoms. The molecule has 1 N–H and O–H groups in total. The number of H-pyrrole nitrogens is 1. The zero-order chi connectivity index (χ0) is 18.4. The van der Waals surface area contributed by atoms with Crippen LogP contribution in [-0.4, -0.2) is 63.0 Å². The zero-order valence-corrected chi connectivity index (χ0v) is 15.4. The highest BCUT2D eigenvalue weighted by Gasteiger charge is 2.59. The Kier molecular flexibility index (Phi) is 4.31. The van der Waals surface area contributed by atoms with E-state index in [1.54, 1.807) is 22.3 Å². The summed E-state index contributed by atoms with van der Waals surface area (Å²) < 4.78 is 29.7. The fourth-order valence-electron chi connectivity index (χ4n) is 4.05. The normalized spacial score (nSPS) is 25.9. The van der Waals surface area contributed by atoms with E-state index in [1.165, 1.54) is 6.20 Å². The lowest BCUT2D eigenvalue weighted by atomic mass is 9.75. The molecule has 0 aliphatic carbocycles. The molecule has 2 aliphatic rings. The van der Waals surface area contributed by atoms with Crippen molar-refractivity contribution in [2.24, 2.45) is 5.41 Å². The Morgan fingerprint density at radius 1 is 1.35 bits per heavy atom. The number of likely N-dealkylation sites (tertiary alicyclic amines) is 2. The third kappa shape index (κ3) is 3.03. The number of nitrogens with zero attached hydrogens (tertiary/aromatic N) is 4. The molecular formula is C17H21F2N5OS. The largest absolute Gasteiger partial charge is 0.336 e. The van der Waals surface area contributed by atoms with Crippen LogP contribution in [0.2, 0.25) is 0 Å². The highest BCUT2D eigenvalue weighted by Crippen LogP contribution is 2.49. The summed E-state index contributed by atoms with van der Waals surface area (Å²) in [7, 11) is 0. The summed E-state index contributed by atoms with van der Waals surface area (Å²) in [5, 5.41) is 9.37. The van der Waals surface area contributed by atoms with E-state index < -0.39 is 11.3 Å². The first-order valence-corrected chi connectivity index (χ1v) is 9.56. The van der Waals surface area contributed by atoms with Gasteiger partial charge >= 0.3 is 0 Å². The average molecular weight is 381 g/mol. The van der Waals surface area contributed by atoms with Gasteiger partial charge in [-0.05, 0) is 26.0 Å². The van der Waals surface area contributed by atoms with Gasteiger partial charge in [0.25, 0.3) is 11.8 Å². The number of hydrogen-bond donors (Lipinski definition) is 1. The first-order valence-electron chi connectivity index (χ1n) is 8.68. The maximum Gasteiger partial charge on any atom is 0.271 e. The molecule has 6 nitrogen and oxygen atoms in total. The van der Waals surface area contributed by atoms with Crippen molar-refractivity contribution in [1.82, 2.24) is 25.0 Å². The van der Waals surface area contributed by atoms with Gasteiger partial charge in [-0.3, -0.25) is 14.8 Å². The molecule has 2 saturated heterocycles. The summed E-state index contributed by atoms with van der Waals surface area (Å²) >= 11 is 1.57. The van der Waals surface area contributed by atoms with Gasteiger partial charge in [0, 0.05) is 44.2 Å². The van der Waals surface area contributed by atoms with Crippen LogP contribution in [0.1, 0.15) is 34.0 Å². The van der Waals surface area contributed by atoms with E-state index in [0.29, 0.717) is 25.2 Å². The molecule has 0 radical (unpaired) electrons. The SMILES string of the molecule is Cc1nc(CN2CC[C@@]3(C2)CN(C(=O)c2ccn[nH]2)CCC3(F)F)cs1. The van der Waals surface area contributed by atoms with E-state index in [9.17, 15) is 13.6 Å². The summed E-state index contributed by atoms with van der Waals surface area (Å²) in [6.07, 6.45) is 1.58. The molecule has 0 unspecified atom stereocenters. The lowest BCUT2D eigenvalue weighted by Crippen LogP contribution is -2.58. The second-order valence-corrected chi connectivity index (χ2v) is 8.31. The maximum atomic E-state index is 14.9. The van der Waals surface area contributed by atoms with Gasteiger partial charge in [0.15, 0.2) is 0 Å². The molecular weight excluding hydrogens is 360 g/mol. The number of aromatic nitrogens is 3. The number of piperidine rings is 1. The molecule has 2 fully saturated rings. The number of nitrogens with one attached hydrogen (secondary N) is 1. The summed E-state index contributed by atoms with van der Waals surface area (Å²) in [6, 6.07) is 1.58. The minimum atomic E-state index is -2.77. The van der Waals surface area contributed by atoms with Crippen LogP contribution in [0.5, 0.6) is 0 Å². The maximum absolute atomic E-state index is 14.9. The van der Waals surface area contributed by atoms with Crippen molar-refractivity contribution in [1.29, 1.82) is 0 Å². The number of halogens is 2. The smallest absolute Gasteiger partial charge is 0.271 e. The van der Waals surface area contributed by atoms with Crippen LogP contribution < -0.4 is 0 Å². The van der Waals surface area contributed by atoms with E-state index in [2.05, 4.69) is 15.2 Å². The van der Waals surface area contributed by atoms with Crippen molar-refractivity contribution in [3.63, 3.8) is 0 Å². The first kappa shape index (κ1) is 17.5. The highest BCUT2D eigenvalue weighted by atomic mass is 32.1. The Bertz CT molecular complexity index is 793. The summed E-state index contributed by atoms with van der Waals surface area (Å²) in [4.78, 5) is 20.6. The summed E-state index contributed by atoms with van der Waals surface area (Å²) in [6.45, 7) is 3.54. The van der Waals surface area contributed by atoms with E-state index in [0.717, 1.165) is 10.7 Å². The summed E-state index contributed by atoms with van der Waals surface area (Å²) in [5.41, 5.74) is 0.0821. The molecule has 4 heterocycles. The van der Waals surface area contributed by atoms with Crippen molar-refractivity contribution < 1.29 is 13.6 Å². The van der Waals surface area contributed by atoms with Crippen LogP contribution >= 0.6 is 11.3 Å². The van der Waals surface area contributed by atoms with Crippen LogP contribution in [0.25, 0.3) is 0 Å². The highest BCUT2D eigenvalue weighted by molar-refractivity contribution is 7.09. The Hall–Kier alpha value is -1.87. The van der Waals surface area contributed by atoms with E-state index in [4.69, 9.17) is 0 Å². The fraction of sp³-hybridized carbons (Fsp3) is 0.588. The third-order valence-electron chi connectivity index (χ3n) is 5.47. The second-order valence-electron chi connectivity index (χ2n) is 7.25.